The van der Waals surface area contributed by atoms with Gasteiger partial charge in [0.1, 0.15) is 12.7 Å². The number of esters is 1. The van der Waals surface area contributed by atoms with Gasteiger partial charge in [0.15, 0.2) is 5.69 Å². The second-order valence-corrected chi connectivity index (χ2v) is 8.03. The zero-order valence-electron chi connectivity index (χ0n) is 17.4. The molecule has 4 rings (SSSR count). The third-order valence-electron chi connectivity index (χ3n) is 5.15. The maximum absolute atomic E-state index is 12.6. The lowest BCUT2D eigenvalue weighted by Gasteiger charge is -2.09. The van der Waals surface area contributed by atoms with Crippen LogP contribution in [-0.4, -0.2) is 23.0 Å². The van der Waals surface area contributed by atoms with E-state index < -0.39 is 5.97 Å². The first-order valence-corrected chi connectivity index (χ1v) is 10.8. The van der Waals surface area contributed by atoms with E-state index in [1.165, 1.54) is 0 Å². The van der Waals surface area contributed by atoms with Crippen molar-refractivity contribution in [3.8, 4) is 11.3 Å². The summed E-state index contributed by atoms with van der Waals surface area (Å²) in [6, 6.07) is 12.0. The van der Waals surface area contributed by atoms with Gasteiger partial charge in [-0.1, -0.05) is 23.2 Å². The van der Waals surface area contributed by atoms with Crippen LogP contribution in [0.3, 0.4) is 0 Å². The highest BCUT2D eigenvalue weighted by atomic mass is 35.5. The molecular formula is C23H22Cl3N3O3. The minimum Gasteiger partial charge on any atom is -0.859 e. The fraction of sp³-hybridized carbons (Fsp3) is 0.261. The van der Waals surface area contributed by atoms with Gasteiger partial charge in [0.25, 0.3) is 5.82 Å². The molecule has 0 radical (unpaired) electrons. The van der Waals surface area contributed by atoms with E-state index in [-0.39, 0.29) is 24.8 Å². The van der Waals surface area contributed by atoms with Crippen LogP contribution in [0.4, 0.5) is 5.69 Å². The van der Waals surface area contributed by atoms with Gasteiger partial charge in [-0.25, -0.2) is 13.9 Å². The van der Waals surface area contributed by atoms with Crippen molar-refractivity contribution in [1.82, 2.24) is 4.57 Å². The number of carbonyl (C=O) groups is 1. The van der Waals surface area contributed by atoms with E-state index in [0.29, 0.717) is 27.9 Å². The van der Waals surface area contributed by atoms with E-state index in [9.17, 15) is 9.90 Å². The quantitative estimate of drug-likeness (QED) is 0.221. The standard InChI is InChI=1S/C23H21Cl2N3O3.ClH/c1-2-31-23(30)15-5-8-17(9-6-15)26-21(29)14-27-13-20(28-11-3-4-22(27)28)16-7-10-18(24)19(25)12-16;/h5-10,12-13H,2-4,11,14H2,1H3;1H. The van der Waals surface area contributed by atoms with Crippen LogP contribution < -0.4 is 9.67 Å². The summed E-state index contributed by atoms with van der Waals surface area (Å²) in [5.41, 5.74) is 2.88. The van der Waals surface area contributed by atoms with Crippen molar-refractivity contribution in [1.29, 1.82) is 0 Å². The molecule has 0 N–H and O–H groups in total. The lowest BCUT2D eigenvalue weighted by molar-refractivity contribution is -0.693. The van der Waals surface area contributed by atoms with Crippen molar-refractivity contribution < 1.29 is 19.2 Å². The number of rotatable bonds is 6. The van der Waals surface area contributed by atoms with Gasteiger partial charge in [0.05, 0.1) is 40.9 Å². The summed E-state index contributed by atoms with van der Waals surface area (Å²) in [6.45, 7) is 3.09. The van der Waals surface area contributed by atoms with E-state index in [4.69, 9.17) is 27.9 Å². The van der Waals surface area contributed by atoms with Crippen LogP contribution in [0.5, 0.6) is 0 Å². The normalized spacial score (nSPS) is 12.9. The maximum atomic E-state index is 12.6. The van der Waals surface area contributed by atoms with Gasteiger partial charge >= 0.3 is 5.97 Å². The molecule has 0 aliphatic carbocycles. The minimum atomic E-state index is -0.393. The highest BCUT2D eigenvalue weighted by Crippen LogP contribution is 2.30. The average Bonchev–Trinajstić information content (AvgIpc) is 3.35. The van der Waals surface area contributed by atoms with Crippen LogP contribution in [0.1, 0.15) is 29.5 Å². The Morgan fingerprint density at radius 1 is 1.19 bits per heavy atom. The van der Waals surface area contributed by atoms with Gasteiger partial charge in [-0.3, -0.25) is 4.99 Å². The highest BCUT2D eigenvalue weighted by Gasteiger charge is 2.28. The number of aromatic nitrogens is 2. The first-order valence-electron chi connectivity index (χ1n) is 10.0. The molecule has 1 aliphatic heterocycles. The van der Waals surface area contributed by atoms with Crippen molar-refractivity contribution >= 4 is 53.2 Å². The number of hydrogen-bond donors (Lipinski definition) is 0. The summed E-state index contributed by atoms with van der Waals surface area (Å²) < 4.78 is 9.12. The number of hydrogen-bond acceptors (Lipinski definition) is 4. The fourth-order valence-electron chi connectivity index (χ4n) is 3.74. The van der Waals surface area contributed by atoms with E-state index in [1.807, 2.05) is 22.9 Å². The van der Waals surface area contributed by atoms with Gasteiger partial charge in [-0.05, 0) is 55.8 Å². The van der Waals surface area contributed by atoms with E-state index in [1.54, 1.807) is 37.3 Å². The Labute approximate surface area is 202 Å². The number of benzene rings is 2. The van der Waals surface area contributed by atoms with Crippen molar-refractivity contribution in [2.24, 2.45) is 4.99 Å². The molecule has 1 aromatic heterocycles. The lowest BCUT2D eigenvalue weighted by Crippen LogP contribution is -2.43. The maximum Gasteiger partial charge on any atom is 0.338 e. The number of fused-ring (bicyclic) bond motifs is 1. The number of halogens is 3. The molecule has 9 heteroatoms. The van der Waals surface area contributed by atoms with Gasteiger partial charge in [0.2, 0.25) is 0 Å². The lowest BCUT2D eigenvalue weighted by atomic mass is 10.1. The molecule has 2 heterocycles. The Kier molecular flexibility index (Phi) is 7.82. The third kappa shape index (κ3) is 5.09. The smallest absolute Gasteiger partial charge is 0.338 e. The molecule has 168 valence electrons. The third-order valence-corrected chi connectivity index (χ3v) is 5.89. The molecular weight excluding hydrogens is 473 g/mol. The number of aliphatic imine (C=N–C) groups is 1. The summed E-state index contributed by atoms with van der Waals surface area (Å²) in [4.78, 5) is 15.9. The molecule has 6 nitrogen and oxygen atoms in total. The first kappa shape index (κ1) is 24.1. The van der Waals surface area contributed by atoms with E-state index in [0.717, 1.165) is 36.5 Å². The van der Waals surface area contributed by atoms with Crippen LogP contribution in [0.15, 0.2) is 53.7 Å². The zero-order chi connectivity index (χ0) is 22.0. The first-order chi connectivity index (χ1) is 15.0. The Morgan fingerprint density at radius 3 is 2.62 bits per heavy atom. The monoisotopic (exact) mass is 493 g/mol. The molecule has 0 atom stereocenters. The Balaban J connectivity index is 0.00000289. The van der Waals surface area contributed by atoms with Crippen molar-refractivity contribution in [3.63, 3.8) is 0 Å². The minimum absolute atomic E-state index is 0. The summed E-state index contributed by atoms with van der Waals surface area (Å²) in [5.74, 6) is 0.423. The van der Waals surface area contributed by atoms with Gasteiger partial charge in [-0.2, -0.15) is 0 Å². The Hall–Kier alpha value is -2.54. The van der Waals surface area contributed by atoms with Crippen LogP contribution in [0.2, 0.25) is 10.0 Å². The molecule has 0 unspecified atom stereocenters. The molecule has 1 aliphatic rings. The Morgan fingerprint density at radius 2 is 1.94 bits per heavy atom. The molecule has 3 aromatic rings. The SMILES string of the molecule is CCOC(=O)c1ccc(N=C([O-])C[n+]2cc(-c3ccc(Cl)c(Cl)c3)n3c2CCC3)cc1.Cl. The molecule has 0 bridgehead atoms. The number of imidazole rings is 1. The van der Waals surface area contributed by atoms with Crippen LogP contribution in [0.25, 0.3) is 11.3 Å². The van der Waals surface area contributed by atoms with Gasteiger partial charge in [-0.15, -0.1) is 12.4 Å². The van der Waals surface area contributed by atoms with Crippen molar-refractivity contribution in [2.75, 3.05) is 6.61 Å². The topological polar surface area (TPSA) is 70.5 Å². The molecule has 0 amide bonds. The molecule has 0 saturated heterocycles. The molecule has 0 fully saturated rings. The van der Waals surface area contributed by atoms with Crippen molar-refractivity contribution in [2.45, 2.75) is 32.9 Å². The summed E-state index contributed by atoms with van der Waals surface area (Å²) in [6.07, 6.45) is 3.87. The molecule has 32 heavy (non-hydrogen) atoms. The van der Waals surface area contributed by atoms with Crippen LogP contribution in [-0.2, 0) is 24.2 Å². The largest absolute Gasteiger partial charge is 0.859 e. The van der Waals surface area contributed by atoms with Gasteiger partial charge in [0, 0.05) is 11.5 Å². The molecule has 0 spiro atoms. The predicted molar refractivity (Wildman–Crippen MR) is 125 cm³/mol. The number of nitrogens with zero attached hydrogens (tertiary/aromatic N) is 3. The Bertz CT molecular complexity index is 1160. The molecule has 0 saturated carbocycles. The van der Waals surface area contributed by atoms with E-state index >= 15 is 0 Å². The van der Waals surface area contributed by atoms with Crippen LogP contribution >= 0.6 is 35.6 Å². The zero-order valence-corrected chi connectivity index (χ0v) is 19.7. The van der Waals surface area contributed by atoms with Crippen molar-refractivity contribution in [3.05, 3.63) is 70.1 Å². The highest BCUT2D eigenvalue weighted by molar-refractivity contribution is 6.42. The number of carbonyl (C=O) groups excluding carboxylic acids is 1. The summed E-state index contributed by atoms with van der Waals surface area (Å²) >= 11 is 12.3. The number of ether oxygens (including phenoxy) is 1. The van der Waals surface area contributed by atoms with Crippen LogP contribution in [0, 0.1) is 0 Å². The summed E-state index contributed by atoms with van der Waals surface area (Å²) in [7, 11) is 0. The fourth-order valence-corrected chi connectivity index (χ4v) is 4.04. The average molecular weight is 495 g/mol. The second-order valence-electron chi connectivity index (χ2n) is 7.22. The van der Waals surface area contributed by atoms with E-state index in [2.05, 4.69) is 9.56 Å². The molecule has 2 aromatic carbocycles. The predicted octanol–water partition coefficient (Wildman–Crippen LogP) is 4.38. The second kappa shape index (κ2) is 10.4. The summed E-state index contributed by atoms with van der Waals surface area (Å²) in [5, 5.41) is 13.6. The van der Waals surface area contributed by atoms with Gasteiger partial charge < -0.3 is 9.84 Å².